The van der Waals surface area contributed by atoms with Gasteiger partial charge < -0.3 is 14.8 Å². The fourth-order valence-electron chi connectivity index (χ4n) is 3.52. The molecule has 0 unspecified atom stereocenters. The molecule has 2 heterocycles. The number of halogens is 1. The second kappa shape index (κ2) is 6.34. The summed E-state index contributed by atoms with van der Waals surface area (Å²) in [6.45, 7) is 1.87. The largest absolute Gasteiger partial charge is 0.345 e. The van der Waals surface area contributed by atoms with E-state index in [0.717, 1.165) is 41.9 Å². The molecular formula is C19H20ClN5O2. The first kappa shape index (κ1) is 16.7. The molecule has 2 aliphatic carbocycles. The van der Waals surface area contributed by atoms with Crippen molar-refractivity contribution in [3.63, 3.8) is 0 Å². The number of carbonyl (C=O) groups is 1. The first-order valence-electron chi connectivity index (χ1n) is 9.35. The summed E-state index contributed by atoms with van der Waals surface area (Å²) >= 11 is 6.02. The molecule has 8 heteroatoms. The zero-order valence-corrected chi connectivity index (χ0v) is 15.7. The average molecular weight is 386 g/mol. The second-order valence-electron chi connectivity index (χ2n) is 7.64. The van der Waals surface area contributed by atoms with Crippen molar-refractivity contribution in [2.75, 3.05) is 0 Å². The summed E-state index contributed by atoms with van der Waals surface area (Å²) in [6, 6.07) is 5.34. The summed E-state index contributed by atoms with van der Waals surface area (Å²) in [5.41, 5.74) is 1.84. The van der Waals surface area contributed by atoms with Crippen LogP contribution in [-0.2, 0) is 4.79 Å². The second-order valence-corrected chi connectivity index (χ2v) is 8.08. The Labute approximate surface area is 160 Å². The first-order chi connectivity index (χ1) is 13.1. The van der Waals surface area contributed by atoms with Gasteiger partial charge in [0.25, 0.3) is 0 Å². The van der Waals surface area contributed by atoms with Gasteiger partial charge in [-0.1, -0.05) is 16.8 Å². The van der Waals surface area contributed by atoms with Crippen molar-refractivity contribution >= 4 is 28.5 Å². The third kappa shape index (κ3) is 3.43. The number of benzene rings is 1. The Kier molecular flexibility index (Phi) is 3.93. The Morgan fingerprint density at radius 1 is 1.41 bits per heavy atom. The van der Waals surface area contributed by atoms with E-state index in [1.807, 2.05) is 25.1 Å². The molecule has 7 nitrogen and oxygen atoms in total. The zero-order valence-electron chi connectivity index (χ0n) is 14.9. The van der Waals surface area contributed by atoms with Crippen LogP contribution in [0.1, 0.15) is 68.0 Å². The Hall–Kier alpha value is -2.41. The van der Waals surface area contributed by atoms with Crippen LogP contribution in [0, 0.1) is 5.92 Å². The van der Waals surface area contributed by atoms with Crippen LogP contribution in [0.25, 0.3) is 11.0 Å². The molecule has 2 fully saturated rings. The Balaban J connectivity index is 1.17. The predicted octanol–water partition coefficient (Wildman–Crippen LogP) is 3.85. The van der Waals surface area contributed by atoms with Crippen LogP contribution in [0.5, 0.6) is 0 Å². The fraction of sp³-hybridized carbons (Fsp3) is 0.474. The molecule has 0 aliphatic heterocycles. The Morgan fingerprint density at radius 2 is 2.26 bits per heavy atom. The quantitative estimate of drug-likeness (QED) is 0.671. The molecular weight excluding hydrogens is 366 g/mol. The molecule has 2 aliphatic rings. The average Bonchev–Trinajstić information content (AvgIpc) is 3.53. The van der Waals surface area contributed by atoms with Crippen LogP contribution in [0.3, 0.4) is 0 Å². The lowest BCUT2D eigenvalue weighted by molar-refractivity contribution is -0.122. The fourth-order valence-corrected chi connectivity index (χ4v) is 3.69. The minimum atomic E-state index is -0.275. The molecule has 0 saturated heterocycles. The van der Waals surface area contributed by atoms with Gasteiger partial charge in [0.2, 0.25) is 11.8 Å². The molecule has 3 atom stereocenters. The number of aromatic nitrogens is 4. The molecule has 0 bridgehead atoms. The van der Waals surface area contributed by atoms with Crippen molar-refractivity contribution in [3.05, 3.63) is 40.8 Å². The molecule has 2 saturated carbocycles. The molecule has 5 rings (SSSR count). The van der Waals surface area contributed by atoms with Gasteiger partial charge in [-0.2, -0.15) is 4.98 Å². The van der Waals surface area contributed by atoms with Gasteiger partial charge in [0, 0.05) is 23.3 Å². The number of H-pyrrole nitrogens is 1. The molecule has 1 aromatic carbocycles. The van der Waals surface area contributed by atoms with Crippen LogP contribution >= 0.6 is 11.6 Å². The molecule has 0 spiro atoms. The van der Waals surface area contributed by atoms with Crippen molar-refractivity contribution in [2.24, 2.45) is 5.92 Å². The van der Waals surface area contributed by atoms with Gasteiger partial charge >= 0.3 is 0 Å². The number of hydrogen-bond donors (Lipinski definition) is 2. The van der Waals surface area contributed by atoms with Gasteiger partial charge in [-0.15, -0.1) is 0 Å². The lowest BCUT2D eigenvalue weighted by Crippen LogP contribution is -2.27. The molecule has 27 heavy (non-hydrogen) atoms. The minimum Gasteiger partial charge on any atom is -0.345 e. The van der Waals surface area contributed by atoms with E-state index in [1.54, 1.807) is 0 Å². The maximum absolute atomic E-state index is 12.4. The molecule has 0 radical (unpaired) electrons. The van der Waals surface area contributed by atoms with E-state index >= 15 is 0 Å². The standard InChI is InChI=1S/C19H20ClN5O2/c1-9(19-24-17(25-27-19)10-2-3-10)21-16(26)7-11-6-13(11)18-22-14-5-4-12(20)8-15(14)23-18/h4-5,8-11,13H,2-3,6-7H2,1H3,(H,21,26)(H,22,23)/t9-,11+,13+/m1/s1. The number of aromatic amines is 1. The SMILES string of the molecule is C[C@@H](NC(=O)C[C@@H]1C[C@@H]1c1nc2ccc(Cl)cc2[nH]1)c1nc(C2CC2)no1. The number of imidazole rings is 1. The number of fused-ring (bicyclic) bond motifs is 1. The first-order valence-corrected chi connectivity index (χ1v) is 9.72. The number of amides is 1. The van der Waals surface area contributed by atoms with Gasteiger partial charge in [-0.3, -0.25) is 4.79 Å². The van der Waals surface area contributed by atoms with Crippen molar-refractivity contribution in [3.8, 4) is 0 Å². The maximum Gasteiger partial charge on any atom is 0.248 e. The summed E-state index contributed by atoms with van der Waals surface area (Å²) in [4.78, 5) is 24.7. The summed E-state index contributed by atoms with van der Waals surface area (Å²) in [6.07, 6.45) is 3.67. The number of nitrogens with one attached hydrogen (secondary N) is 2. The predicted molar refractivity (Wildman–Crippen MR) is 99.4 cm³/mol. The van der Waals surface area contributed by atoms with E-state index in [0.29, 0.717) is 35.1 Å². The van der Waals surface area contributed by atoms with Crippen LogP contribution in [0.2, 0.25) is 5.02 Å². The Bertz CT molecular complexity index is 1010. The minimum absolute atomic E-state index is 0.000303. The van der Waals surface area contributed by atoms with Gasteiger partial charge in [0.1, 0.15) is 11.9 Å². The van der Waals surface area contributed by atoms with Crippen molar-refractivity contribution in [1.82, 2.24) is 25.4 Å². The topological polar surface area (TPSA) is 96.7 Å². The third-order valence-corrected chi connectivity index (χ3v) is 5.57. The number of nitrogens with zero attached hydrogens (tertiary/aromatic N) is 3. The van der Waals surface area contributed by atoms with E-state index in [9.17, 15) is 4.79 Å². The summed E-state index contributed by atoms with van der Waals surface area (Å²) in [7, 11) is 0. The normalized spacial score (nSPS) is 22.7. The van der Waals surface area contributed by atoms with Crippen molar-refractivity contribution < 1.29 is 9.32 Å². The number of carbonyl (C=O) groups excluding carboxylic acids is 1. The highest BCUT2D eigenvalue weighted by atomic mass is 35.5. The van der Waals surface area contributed by atoms with E-state index in [1.165, 1.54) is 0 Å². The zero-order chi connectivity index (χ0) is 18.5. The number of rotatable bonds is 6. The molecule has 2 aromatic heterocycles. The highest BCUT2D eigenvalue weighted by Crippen LogP contribution is 2.48. The summed E-state index contributed by atoms with van der Waals surface area (Å²) in [5, 5.41) is 7.65. The van der Waals surface area contributed by atoms with Gasteiger partial charge in [-0.05, 0) is 50.3 Å². The molecule has 2 N–H and O–H groups in total. The van der Waals surface area contributed by atoms with Crippen LogP contribution < -0.4 is 5.32 Å². The molecule has 3 aromatic rings. The maximum atomic E-state index is 12.4. The van der Waals surface area contributed by atoms with Gasteiger partial charge in [-0.25, -0.2) is 4.98 Å². The van der Waals surface area contributed by atoms with Gasteiger partial charge in [0.05, 0.1) is 11.0 Å². The summed E-state index contributed by atoms with van der Waals surface area (Å²) in [5.74, 6) is 3.21. The van der Waals surface area contributed by atoms with Gasteiger partial charge in [0.15, 0.2) is 5.82 Å². The van der Waals surface area contributed by atoms with E-state index in [4.69, 9.17) is 16.1 Å². The van der Waals surface area contributed by atoms with Crippen molar-refractivity contribution in [1.29, 1.82) is 0 Å². The Morgan fingerprint density at radius 3 is 3.07 bits per heavy atom. The smallest absolute Gasteiger partial charge is 0.248 e. The lowest BCUT2D eigenvalue weighted by Gasteiger charge is -2.09. The van der Waals surface area contributed by atoms with E-state index in [-0.39, 0.29) is 11.9 Å². The highest BCUT2D eigenvalue weighted by molar-refractivity contribution is 6.31. The lowest BCUT2D eigenvalue weighted by atomic mass is 10.2. The van der Waals surface area contributed by atoms with E-state index in [2.05, 4.69) is 25.4 Å². The molecule has 140 valence electrons. The summed E-state index contributed by atoms with van der Waals surface area (Å²) < 4.78 is 5.28. The van der Waals surface area contributed by atoms with Crippen molar-refractivity contribution in [2.45, 2.75) is 50.5 Å². The molecule has 1 amide bonds. The number of hydrogen-bond acceptors (Lipinski definition) is 5. The highest BCUT2D eigenvalue weighted by Gasteiger charge is 2.42. The van der Waals surface area contributed by atoms with Crippen LogP contribution in [-0.4, -0.2) is 26.0 Å². The third-order valence-electron chi connectivity index (χ3n) is 5.33. The van der Waals surface area contributed by atoms with Crippen LogP contribution in [0.4, 0.5) is 0 Å². The van der Waals surface area contributed by atoms with E-state index < -0.39 is 0 Å². The van der Waals surface area contributed by atoms with Crippen LogP contribution in [0.15, 0.2) is 22.7 Å². The monoisotopic (exact) mass is 385 g/mol.